The zero-order valence-corrected chi connectivity index (χ0v) is 11.7. The van der Waals surface area contributed by atoms with Gasteiger partial charge >= 0.3 is 22.9 Å². The summed E-state index contributed by atoms with van der Waals surface area (Å²) in [6.07, 6.45) is 2.05. The molecule has 1 aromatic heterocycles. The summed E-state index contributed by atoms with van der Waals surface area (Å²) in [5.74, 6) is -0.968. The van der Waals surface area contributed by atoms with Crippen molar-refractivity contribution in [2.24, 2.45) is 0 Å². The quantitative estimate of drug-likeness (QED) is 0.425. The highest BCUT2D eigenvalue weighted by Gasteiger charge is 2.19. The van der Waals surface area contributed by atoms with E-state index in [-0.39, 0.29) is 32.4 Å². The van der Waals surface area contributed by atoms with Crippen molar-refractivity contribution in [1.82, 2.24) is 9.13 Å². The number of aromatic nitrogens is 2. The fourth-order valence-electron chi connectivity index (χ4n) is 1.91. The standard InChI is InChI=1S/C12H17N3O6/c1-2-6-13-8-9(15(20)21)11(18)14(12(13)19)7-4-3-5-10(16)17/h8H,2-7H2,1H3,(H,16,17). The van der Waals surface area contributed by atoms with Crippen LogP contribution in [-0.4, -0.2) is 25.1 Å². The Morgan fingerprint density at radius 3 is 2.52 bits per heavy atom. The minimum Gasteiger partial charge on any atom is -0.481 e. The maximum absolute atomic E-state index is 12.1. The maximum Gasteiger partial charge on any atom is 0.350 e. The second-order valence-corrected chi connectivity index (χ2v) is 4.56. The van der Waals surface area contributed by atoms with Crippen molar-refractivity contribution >= 4 is 11.7 Å². The molecule has 0 spiro atoms. The summed E-state index contributed by atoms with van der Waals surface area (Å²) < 4.78 is 1.94. The van der Waals surface area contributed by atoms with Gasteiger partial charge < -0.3 is 5.11 Å². The first-order chi connectivity index (χ1) is 9.88. The lowest BCUT2D eigenvalue weighted by atomic mass is 10.2. The summed E-state index contributed by atoms with van der Waals surface area (Å²) in [6, 6.07) is 0. The van der Waals surface area contributed by atoms with Crippen molar-refractivity contribution in [3.05, 3.63) is 37.1 Å². The molecular weight excluding hydrogens is 282 g/mol. The predicted octanol–water partition coefficient (Wildman–Crippen LogP) is 0.583. The van der Waals surface area contributed by atoms with E-state index in [1.54, 1.807) is 6.92 Å². The third-order valence-electron chi connectivity index (χ3n) is 2.90. The molecule has 0 bridgehead atoms. The van der Waals surface area contributed by atoms with Crippen LogP contribution in [0.15, 0.2) is 15.8 Å². The highest BCUT2D eigenvalue weighted by Crippen LogP contribution is 2.03. The highest BCUT2D eigenvalue weighted by molar-refractivity contribution is 5.66. The molecule has 9 nitrogen and oxygen atoms in total. The van der Waals surface area contributed by atoms with Gasteiger partial charge in [0.15, 0.2) is 0 Å². The van der Waals surface area contributed by atoms with Gasteiger partial charge in [0.05, 0.1) is 11.1 Å². The normalized spacial score (nSPS) is 10.5. The molecule has 0 saturated carbocycles. The summed E-state index contributed by atoms with van der Waals surface area (Å²) in [7, 11) is 0. The lowest BCUT2D eigenvalue weighted by molar-refractivity contribution is -0.387. The highest BCUT2D eigenvalue weighted by atomic mass is 16.6. The average Bonchev–Trinajstić information content (AvgIpc) is 2.40. The van der Waals surface area contributed by atoms with Gasteiger partial charge in [-0.2, -0.15) is 0 Å². The van der Waals surface area contributed by atoms with Crippen LogP contribution in [0.3, 0.4) is 0 Å². The minimum atomic E-state index is -0.968. The Morgan fingerprint density at radius 1 is 1.33 bits per heavy atom. The Labute approximate surface area is 119 Å². The summed E-state index contributed by atoms with van der Waals surface area (Å²) in [5, 5.41) is 19.4. The van der Waals surface area contributed by atoms with E-state index in [9.17, 15) is 24.5 Å². The van der Waals surface area contributed by atoms with Crippen LogP contribution < -0.4 is 11.2 Å². The van der Waals surface area contributed by atoms with E-state index in [1.165, 1.54) is 0 Å². The van der Waals surface area contributed by atoms with E-state index in [1.807, 2.05) is 0 Å². The molecule has 0 atom stereocenters. The molecule has 0 aliphatic rings. The molecule has 1 heterocycles. The van der Waals surface area contributed by atoms with Crippen molar-refractivity contribution in [2.45, 2.75) is 45.7 Å². The Balaban J connectivity index is 3.10. The fourth-order valence-corrected chi connectivity index (χ4v) is 1.91. The van der Waals surface area contributed by atoms with Gasteiger partial charge in [0, 0.05) is 19.5 Å². The van der Waals surface area contributed by atoms with Crippen LogP contribution >= 0.6 is 0 Å². The van der Waals surface area contributed by atoms with Gasteiger partial charge in [0.2, 0.25) is 0 Å². The lowest BCUT2D eigenvalue weighted by Crippen LogP contribution is -2.40. The Hall–Kier alpha value is -2.45. The van der Waals surface area contributed by atoms with E-state index in [4.69, 9.17) is 5.11 Å². The molecule has 21 heavy (non-hydrogen) atoms. The SMILES string of the molecule is CCCn1cc([N+](=O)[O-])c(=O)n(CCCCC(=O)O)c1=O. The number of carboxylic acids is 1. The van der Waals surface area contributed by atoms with Crippen LogP contribution in [0.2, 0.25) is 0 Å². The molecule has 9 heteroatoms. The molecule has 1 N–H and O–H groups in total. The molecule has 0 saturated heterocycles. The van der Waals surface area contributed by atoms with Crippen molar-refractivity contribution < 1.29 is 14.8 Å². The molecule has 0 unspecified atom stereocenters. The van der Waals surface area contributed by atoms with E-state index in [0.717, 1.165) is 15.3 Å². The minimum absolute atomic E-state index is 0.0314. The molecule has 1 aromatic rings. The van der Waals surface area contributed by atoms with Gasteiger partial charge in [-0.1, -0.05) is 6.92 Å². The van der Waals surface area contributed by atoms with Gasteiger partial charge in [-0.15, -0.1) is 0 Å². The van der Waals surface area contributed by atoms with Gasteiger partial charge in [-0.3, -0.25) is 28.8 Å². The average molecular weight is 299 g/mol. The monoisotopic (exact) mass is 299 g/mol. The van der Waals surface area contributed by atoms with Crippen LogP contribution in [-0.2, 0) is 17.9 Å². The first-order valence-corrected chi connectivity index (χ1v) is 6.59. The number of carboxylic acid groups (broad SMARTS) is 1. The first-order valence-electron chi connectivity index (χ1n) is 6.59. The zero-order chi connectivity index (χ0) is 16.0. The number of hydrogen-bond acceptors (Lipinski definition) is 5. The van der Waals surface area contributed by atoms with Crippen LogP contribution in [0.25, 0.3) is 0 Å². The molecule has 0 amide bonds. The second kappa shape index (κ2) is 7.36. The summed E-state index contributed by atoms with van der Waals surface area (Å²) in [5.41, 5.74) is -2.21. The maximum atomic E-state index is 12.1. The van der Waals surface area contributed by atoms with Crippen LogP contribution in [0.4, 0.5) is 5.69 Å². The fraction of sp³-hybridized carbons (Fsp3) is 0.583. The Bertz CT molecular complexity index is 645. The van der Waals surface area contributed by atoms with Crippen molar-refractivity contribution in [2.75, 3.05) is 0 Å². The molecule has 1 rings (SSSR count). The van der Waals surface area contributed by atoms with Crippen LogP contribution in [0.1, 0.15) is 32.6 Å². The molecule has 116 valence electrons. The van der Waals surface area contributed by atoms with Crippen molar-refractivity contribution in [3.63, 3.8) is 0 Å². The molecule has 0 radical (unpaired) electrons. The number of carbonyl (C=O) groups is 1. The Kier molecular flexibility index (Phi) is 5.82. The number of aliphatic carboxylic acids is 1. The van der Waals surface area contributed by atoms with Gasteiger partial charge in [-0.05, 0) is 19.3 Å². The summed E-state index contributed by atoms with van der Waals surface area (Å²) in [6.45, 7) is 2.05. The van der Waals surface area contributed by atoms with Gasteiger partial charge in [0.25, 0.3) is 0 Å². The lowest BCUT2D eigenvalue weighted by Gasteiger charge is -2.09. The van der Waals surface area contributed by atoms with E-state index < -0.39 is 27.8 Å². The number of rotatable bonds is 8. The number of nitrogens with zero attached hydrogens (tertiary/aromatic N) is 3. The molecule has 0 aromatic carbocycles. The van der Waals surface area contributed by atoms with Crippen LogP contribution in [0.5, 0.6) is 0 Å². The number of nitro groups is 1. The molecule has 0 fully saturated rings. The van der Waals surface area contributed by atoms with Crippen molar-refractivity contribution in [1.29, 1.82) is 0 Å². The third-order valence-corrected chi connectivity index (χ3v) is 2.90. The summed E-state index contributed by atoms with van der Waals surface area (Å²) in [4.78, 5) is 44.4. The Morgan fingerprint density at radius 2 is 2.00 bits per heavy atom. The summed E-state index contributed by atoms with van der Waals surface area (Å²) >= 11 is 0. The van der Waals surface area contributed by atoms with E-state index >= 15 is 0 Å². The van der Waals surface area contributed by atoms with Crippen LogP contribution in [0, 0.1) is 10.1 Å². The topological polar surface area (TPSA) is 124 Å². The predicted molar refractivity (Wildman–Crippen MR) is 73.4 cm³/mol. The van der Waals surface area contributed by atoms with Crippen molar-refractivity contribution in [3.8, 4) is 0 Å². The van der Waals surface area contributed by atoms with Gasteiger partial charge in [0.1, 0.15) is 0 Å². The van der Waals surface area contributed by atoms with E-state index in [0.29, 0.717) is 6.42 Å². The molecular formula is C12H17N3O6. The smallest absolute Gasteiger partial charge is 0.350 e. The zero-order valence-electron chi connectivity index (χ0n) is 11.7. The third kappa shape index (κ3) is 4.26. The largest absolute Gasteiger partial charge is 0.481 e. The molecule has 0 aliphatic carbocycles. The number of unbranched alkanes of at least 4 members (excludes halogenated alkanes) is 1. The molecule has 0 aliphatic heterocycles. The van der Waals surface area contributed by atoms with Gasteiger partial charge in [-0.25, -0.2) is 4.79 Å². The number of aryl methyl sites for hydroxylation is 1. The van der Waals surface area contributed by atoms with E-state index in [2.05, 4.69) is 0 Å². The number of hydrogen-bond donors (Lipinski definition) is 1. The first kappa shape index (κ1) is 16.6. The second-order valence-electron chi connectivity index (χ2n) is 4.56.